The molecule has 0 unspecified atom stereocenters. The summed E-state index contributed by atoms with van der Waals surface area (Å²) in [5.41, 5.74) is -0.413. The molecule has 0 aliphatic rings. The lowest BCUT2D eigenvalue weighted by molar-refractivity contribution is -0.0250. The first-order valence-corrected chi connectivity index (χ1v) is 6.23. The van der Waals surface area contributed by atoms with Crippen LogP contribution in [0, 0.1) is 5.92 Å². The highest BCUT2D eigenvalue weighted by Crippen LogP contribution is 2.19. The van der Waals surface area contributed by atoms with Crippen LogP contribution in [0.5, 0.6) is 0 Å². The summed E-state index contributed by atoms with van der Waals surface area (Å²) in [4.78, 5) is 11.4. The maximum Gasteiger partial charge on any atom is 0.508 e. The van der Waals surface area contributed by atoms with E-state index in [4.69, 9.17) is 9.47 Å². The van der Waals surface area contributed by atoms with E-state index in [0.717, 1.165) is 12.8 Å². The van der Waals surface area contributed by atoms with Crippen molar-refractivity contribution in [2.24, 2.45) is 5.92 Å². The molecule has 0 aromatic rings. The van der Waals surface area contributed by atoms with E-state index in [1.807, 2.05) is 27.7 Å². The molecule has 0 aromatic carbocycles. The van der Waals surface area contributed by atoms with Gasteiger partial charge in [0.25, 0.3) is 0 Å². The van der Waals surface area contributed by atoms with E-state index in [-0.39, 0.29) is 0 Å². The van der Waals surface area contributed by atoms with E-state index in [2.05, 4.69) is 6.92 Å². The van der Waals surface area contributed by atoms with Crippen molar-refractivity contribution >= 4 is 6.16 Å². The average Bonchev–Trinajstić information content (AvgIpc) is 2.14. The molecule has 96 valence electrons. The minimum absolute atomic E-state index is 0.343. The van der Waals surface area contributed by atoms with Gasteiger partial charge in [-0.1, -0.05) is 33.6 Å². The van der Waals surface area contributed by atoms with Gasteiger partial charge in [0.05, 0.1) is 6.61 Å². The molecule has 0 radical (unpaired) electrons. The maximum absolute atomic E-state index is 11.4. The van der Waals surface area contributed by atoms with E-state index in [0.29, 0.717) is 12.5 Å². The molecule has 0 N–H and O–H groups in total. The summed E-state index contributed by atoms with van der Waals surface area (Å²) in [6.07, 6.45) is 3.77. The van der Waals surface area contributed by atoms with E-state index in [9.17, 15) is 4.79 Å². The predicted octanol–water partition coefficient (Wildman–Crippen LogP) is 4.15. The molecule has 0 aromatic heterocycles. The fourth-order valence-corrected chi connectivity index (χ4v) is 1.34. The maximum atomic E-state index is 11.4. The smallest absolute Gasteiger partial charge is 0.434 e. The van der Waals surface area contributed by atoms with Crippen molar-refractivity contribution in [2.45, 2.75) is 65.9 Å². The van der Waals surface area contributed by atoms with Crippen LogP contribution in [0.3, 0.4) is 0 Å². The molecule has 3 nitrogen and oxygen atoms in total. The molecule has 16 heavy (non-hydrogen) atoms. The van der Waals surface area contributed by atoms with Gasteiger partial charge in [0.1, 0.15) is 5.60 Å². The quantitative estimate of drug-likeness (QED) is 0.486. The summed E-state index contributed by atoms with van der Waals surface area (Å²) in [5, 5.41) is 0. The molecule has 0 amide bonds. The van der Waals surface area contributed by atoms with Crippen LogP contribution in [-0.4, -0.2) is 18.4 Å². The van der Waals surface area contributed by atoms with E-state index in [1.165, 1.54) is 12.8 Å². The Hall–Kier alpha value is -0.730. The zero-order valence-electron chi connectivity index (χ0n) is 11.3. The van der Waals surface area contributed by atoms with Gasteiger partial charge in [-0.05, 0) is 32.6 Å². The second kappa shape index (κ2) is 7.53. The predicted molar refractivity (Wildman–Crippen MR) is 65.5 cm³/mol. The number of carbonyl (C=O) groups is 1. The van der Waals surface area contributed by atoms with Crippen LogP contribution in [0.2, 0.25) is 0 Å². The van der Waals surface area contributed by atoms with E-state index >= 15 is 0 Å². The number of carbonyl (C=O) groups excluding carboxylic acids is 1. The molecule has 0 spiro atoms. The van der Waals surface area contributed by atoms with Crippen LogP contribution >= 0.6 is 0 Å². The van der Waals surface area contributed by atoms with Crippen LogP contribution in [0.4, 0.5) is 4.79 Å². The zero-order chi connectivity index (χ0) is 12.6. The number of unbranched alkanes of at least 4 members (excludes halogenated alkanes) is 2. The third-order valence-corrected chi connectivity index (χ3v) is 2.28. The van der Waals surface area contributed by atoms with Crippen molar-refractivity contribution in [1.29, 1.82) is 0 Å². The lowest BCUT2D eigenvalue weighted by atomic mass is 10.0. The van der Waals surface area contributed by atoms with E-state index < -0.39 is 11.8 Å². The van der Waals surface area contributed by atoms with Crippen molar-refractivity contribution in [3.63, 3.8) is 0 Å². The summed E-state index contributed by atoms with van der Waals surface area (Å²) >= 11 is 0. The van der Waals surface area contributed by atoms with Gasteiger partial charge in [-0.25, -0.2) is 4.79 Å². The summed E-state index contributed by atoms with van der Waals surface area (Å²) in [6, 6.07) is 0. The highest BCUT2D eigenvalue weighted by molar-refractivity contribution is 5.60. The van der Waals surface area contributed by atoms with Crippen molar-refractivity contribution in [3.8, 4) is 0 Å². The Labute approximate surface area is 99.5 Å². The highest BCUT2D eigenvalue weighted by Gasteiger charge is 2.23. The lowest BCUT2D eigenvalue weighted by Gasteiger charge is -2.24. The minimum Gasteiger partial charge on any atom is -0.434 e. The Balaban J connectivity index is 3.81. The molecule has 0 fully saturated rings. The molecular weight excluding hydrogens is 204 g/mol. The van der Waals surface area contributed by atoms with Crippen molar-refractivity contribution in [3.05, 3.63) is 0 Å². The minimum atomic E-state index is -0.546. The molecule has 0 saturated heterocycles. The fourth-order valence-electron chi connectivity index (χ4n) is 1.34. The Morgan fingerprint density at radius 3 is 2.38 bits per heavy atom. The Morgan fingerprint density at radius 1 is 1.25 bits per heavy atom. The summed E-state index contributed by atoms with van der Waals surface area (Å²) in [7, 11) is 0. The first-order chi connectivity index (χ1) is 7.37. The molecule has 0 atom stereocenters. The third kappa shape index (κ3) is 8.57. The summed E-state index contributed by atoms with van der Waals surface area (Å²) < 4.78 is 10.3. The number of hydrogen-bond donors (Lipinski definition) is 0. The Morgan fingerprint density at radius 2 is 1.88 bits per heavy atom. The first kappa shape index (κ1) is 15.3. The van der Waals surface area contributed by atoms with Crippen LogP contribution in [-0.2, 0) is 9.47 Å². The number of hydrogen-bond acceptors (Lipinski definition) is 3. The normalized spacial score (nSPS) is 11.6. The zero-order valence-corrected chi connectivity index (χ0v) is 11.3. The van der Waals surface area contributed by atoms with Crippen LogP contribution in [0.15, 0.2) is 0 Å². The SMILES string of the molecule is CCCCCC(C)(C)OC(=O)OCC(C)C. The van der Waals surface area contributed by atoms with Gasteiger partial charge >= 0.3 is 6.16 Å². The van der Waals surface area contributed by atoms with Gasteiger partial charge < -0.3 is 9.47 Å². The number of ether oxygens (including phenoxy) is 2. The summed E-state index contributed by atoms with van der Waals surface area (Å²) in [6.45, 7) is 10.4. The van der Waals surface area contributed by atoms with Crippen LogP contribution < -0.4 is 0 Å². The molecule has 0 aliphatic carbocycles. The standard InChI is InChI=1S/C13H26O3/c1-6-7-8-9-13(4,5)16-12(14)15-10-11(2)3/h11H,6-10H2,1-5H3. The average molecular weight is 230 g/mol. The van der Waals surface area contributed by atoms with Gasteiger partial charge in [0.2, 0.25) is 0 Å². The Bertz CT molecular complexity index is 197. The van der Waals surface area contributed by atoms with E-state index in [1.54, 1.807) is 0 Å². The topological polar surface area (TPSA) is 35.5 Å². The lowest BCUT2D eigenvalue weighted by Crippen LogP contribution is -2.29. The van der Waals surface area contributed by atoms with Crippen molar-refractivity contribution in [2.75, 3.05) is 6.61 Å². The molecule has 0 bridgehead atoms. The third-order valence-electron chi connectivity index (χ3n) is 2.28. The van der Waals surface area contributed by atoms with Gasteiger partial charge in [0.15, 0.2) is 0 Å². The van der Waals surface area contributed by atoms with Gasteiger partial charge in [0, 0.05) is 0 Å². The second-order valence-electron chi connectivity index (χ2n) is 5.27. The molecule has 0 heterocycles. The molecule has 0 aliphatic heterocycles. The molecule has 0 rings (SSSR count). The highest BCUT2D eigenvalue weighted by atomic mass is 16.7. The van der Waals surface area contributed by atoms with Crippen LogP contribution in [0.25, 0.3) is 0 Å². The van der Waals surface area contributed by atoms with Crippen molar-refractivity contribution in [1.82, 2.24) is 0 Å². The molecule has 0 saturated carbocycles. The molecular formula is C13H26O3. The molecule has 3 heteroatoms. The first-order valence-electron chi connectivity index (χ1n) is 6.23. The Kier molecular flexibility index (Phi) is 7.18. The largest absolute Gasteiger partial charge is 0.508 e. The fraction of sp³-hybridized carbons (Fsp3) is 0.923. The van der Waals surface area contributed by atoms with Gasteiger partial charge in [-0.2, -0.15) is 0 Å². The number of rotatable bonds is 7. The van der Waals surface area contributed by atoms with Gasteiger partial charge in [-0.3, -0.25) is 0 Å². The van der Waals surface area contributed by atoms with Crippen molar-refractivity contribution < 1.29 is 14.3 Å². The monoisotopic (exact) mass is 230 g/mol. The summed E-state index contributed by atoms with van der Waals surface area (Å²) in [5.74, 6) is 0.343. The van der Waals surface area contributed by atoms with Crippen LogP contribution in [0.1, 0.15) is 60.3 Å². The second-order valence-corrected chi connectivity index (χ2v) is 5.27. The van der Waals surface area contributed by atoms with Gasteiger partial charge in [-0.15, -0.1) is 0 Å².